The van der Waals surface area contributed by atoms with Crippen LogP contribution in [0, 0.1) is 5.92 Å². The molecule has 0 unspecified atom stereocenters. The summed E-state index contributed by atoms with van der Waals surface area (Å²) in [5.41, 5.74) is 1.16. The molecular weight excluding hydrogens is 364 g/mol. The molecule has 7 nitrogen and oxygen atoms in total. The summed E-state index contributed by atoms with van der Waals surface area (Å²) >= 11 is 0. The minimum absolute atomic E-state index is 0.424. The second kappa shape index (κ2) is 10.5. The average molecular weight is 397 g/mol. The van der Waals surface area contributed by atoms with Crippen molar-refractivity contribution in [1.29, 1.82) is 0 Å². The highest BCUT2D eigenvalue weighted by molar-refractivity contribution is 7.88. The first-order valence-electron chi connectivity index (χ1n) is 9.53. The number of nitrogens with one attached hydrogen (secondary N) is 2. The molecule has 2 N–H and O–H groups in total. The molecule has 1 heterocycles. The van der Waals surface area contributed by atoms with E-state index in [9.17, 15) is 8.42 Å². The Bertz CT molecular complexity index is 713. The van der Waals surface area contributed by atoms with Gasteiger partial charge in [0.25, 0.3) is 0 Å². The second-order valence-corrected chi connectivity index (χ2v) is 8.80. The van der Waals surface area contributed by atoms with Gasteiger partial charge in [0, 0.05) is 32.7 Å². The Balaban J connectivity index is 1.82. The topological polar surface area (TPSA) is 83.0 Å². The zero-order valence-corrected chi connectivity index (χ0v) is 17.4. The van der Waals surface area contributed by atoms with Gasteiger partial charge in [-0.2, -0.15) is 0 Å². The van der Waals surface area contributed by atoms with E-state index in [0.717, 1.165) is 49.6 Å². The zero-order valence-electron chi connectivity index (χ0n) is 16.6. The van der Waals surface area contributed by atoms with Crippen molar-refractivity contribution in [2.45, 2.75) is 26.2 Å². The van der Waals surface area contributed by atoms with E-state index in [1.165, 1.54) is 6.26 Å². The van der Waals surface area contributed by atoms with Crippen LogP contribution in [0.3, 0.4) is 0 Å². The molecule has 1 aromatic rings. The van der Waals surface area contributed by atoms with Gasteiger partial charge in [0.1, 0.15) is 5.75 Å². The molecular formula is C19H32N4O3S. The summed E-state index contributed by atoms with van der Waals surface area (Å²) in [6, 6.07) is 8.02. The molecule has 152 valence electrons. The van der Waals surface area contributed by atoms with Crippen LogP contribution in [0.2, 0.25) is 0 Å². The van der Waals surface area contributed by atoms with Crippen molar-refractivity contribution >= 4 is 16.0 Å². The van der Waals surface area contributed by atoms with Gasteiger partial charge >= 0.3 is 0 Å². The summed E-state index contributed by atoms with van der Waals surface area (Å²) in [5, 5.41) is 6.64. The zero-order chi connectivity index (χ0) is 19.7. The van der Waals surface area contributed by atoms with Gasteiger partial charge in [0.05, 0.1) is 13.4 Å². The summed E-state index contributed by atoms with van der Waals surface area (Å²) in [6.45, 7) is 5.50. The van der Waals surface area contributed by atoms with E-state index in [-0.39, 0.29) is 0 Å². The van der Waals surface area contributed by atoms with Gasteiger partial charge in [-0.25, -0.2) is 12.7 Å². The van der Waals surface area contributed by atoms with Crippen molar-refractivity contribution in [2.75, 3.05) is 46.1 Å². The van der Waals surface area contributed by atoms with Gasteiger partial charge in [-0.05, 0) is 43.7 Å². The lowest BCUT2D eigenvalue weighted by Gasteiger charge is -2.29. The molecule has 0 bridgehead atoms. The fourth-order valence-electron chi connectivity index (χ4n) is 3.21. The lowest BCUT2D eigenvalue weighted by atomic mass is 9.98. The van der Waals surface area contributed by atoms with E-state index < -0.39 is 10.0 Å². The van der Waals surface area contributed by atoms with Gasteiger partial charge in [0.15, 0.2) is 5.96 Å². The van der Waals surface area contributed by atoms with Crippen molar-refractivity contribution in [3.63, 3.8) is 0 Å². The summed E-state index contributed by atoms with van der Waals surface area (Å²) in [7, 11) is -1.38. The SMILES string of the molecule is CCNC(=NCC1CCN(S(C)(=O)=O)CC1)NCCc1ccccc1OC. The molecule has 0 spiro atoms. The maximum Gasteiger partial charge on any atom is 0.211 e. The van der Waals surface area contributed by atoms with Gasteiger partial charge in [-0.1, -0.05) is 18.2 Å². The number of hydrogen-bond acceptors (Lipinski definition) is 4. The fraction of sp³-hybridized carbons (Fsp3) is 0.632. The van der Waals surface area contributed by atoms with Crippen LogP contribution in [-0.2, 0) is 16.4 Å². The van der Waals surface area contributed by atoms with Gasteiger partial charge in [0.2, 0.25) is 10.0 Å². The largest absolute Gasteiger partial charge is 0.496 e. The molecule has 0 radical (unpaired) electrons. The van der Waals surface area contributed by atoms with Crippen LogP contribution < -0.4 is 15.4 Å². The highest BCUT2D eigenvalue weighted by atomic mass is 32.2. The Hall–Kier alpha value is -1.80. The number of rotatable bonds is 8. The quantitative estimate of drug-likeness (QED) is 0.514. The highest BCUT2D eigenvalue weighted by Gasteiger charge is 2.24. The van der Waals surface area contributed by atoms with E-state index in [1.54, 1.807) is 11.4 Å². The molecule has 8 heteroatoms. The molecule has 2 rings (SSSR count). The molecule has 1 aliphatic rings. The number of nitrogens with zero attached hydrogens (tertiary/aromatic N) is 2. The van der Waals surface area contributed by atoms with Crippen molar-refractivity contribution in [1.82, 2.24) is 14.9 Å². The van der Waals surface area contributed by atoms with Crippen LogP contribution in [0.25, 0.3) is 0 Å². The number of hydrogen-bond donors (Lipinski definition) is 2. The van der Waals surface area contributed by atoms with Crippen LogP contribution in [-0.4, -0.2) is 64.8 Å². The fourth-order valence-corrected chi connectivity index (χ4v) is 4.08. The predicted molar refractivity (Wildman–Crippen MR) is 110 cm³/mol. The van der Waals surface area contributed by atoms with Crippen LogP contribution in [0.1, 0.15) is 25.3 Å². The van der Waals surface area contributed by atoms with Crippen LogP contribution in [0.15, 0.2) is 29.3 Å². The van der Waals surface area contributed by atoms with Crippen molar-refractivity contribution in [3.05, 3.63) is 29.8 Å². The Morgan fingerprint density at radius 1 is 1.26 bits per heavy atom. The minimum atomic E-state index is -3.07. The molecule has 0 atom stereocenters. The summed E-state index contributed by atoms with van der Waals surface area (Å²) in [5.74, 6) is 2.13. The average Bonchev–Trinajstić information content (AvgIpc) is 2.66. The molecule has 1 saturated heterocycles. The van der Waals surface area contributed by atoms with E-state index in [2.05, 4.69) is 16.7 Å². The van der Waals surface area contributed by atoms with Gasteiger partial charge in [-0.15, -0.1) is 0 Å². The number of guanidine groups is 1. The van der Waals surface area contributed by atoms with Crippen LogP contribution in [0.5, 0.6) is 5.75 Å². The third kappa shape index (κ3) is 7.03. The third-order valence-corrected chi connectivity index (χ3v) is 6.08. The smallest absolute Gasteiger partial charge is 0.211 e. The summed E-state index contributed by atoms with van der Waals surface area (Å²) < 4.78 is 30.1. The van der Waals surface area contributed by atoms with E-state index in [4.69, 9.17) is 9.73 Å². The van der Waals surface area contributed by atoms with Crippen LogP contribution in [0.4, 0.5) is 0 Å². The van der Waals surface area contributed by atoms with Crippen molar-refractivity contribution < 1.29 is 13.2 Å². The first-order valence-corrected chi connectivity index (χ1v) is 11.4. The maximum absolute atomic E-state index is 11.6. The van der Waals surface area contributed by atoms with E-state index >= 15 is 0 Å². The Labute approximate surface area is 163 Å². The number of benzene rings is 1. The molecule has 27 heavy (non-hydrogen) atoms. The Morgan fingerprint density at radius 3 is 2.59 bits per heavy atom. The summed E-state index contributed by atoms with van der Waals surface area (Å²) in [6.07, 6.45) is 3.84. The molecule has 1 aliphatic heterocycles. The number of para-hydroxylation sites is 1. The maximum atomic E-state index is 11.6. The normalized spacial score (nSPS) is 16.9. The lowest BCUT2D eigenvalue weighted by Crippen LogP contribution is -2.40. The predicted octanol–water partition coefficient (Wildman–Crippen LogP) is 1.46. The standard InChI is InChI=1S/C19H32N4O3S/c1-4-20-19(21-12-9-17-7-5-6-8-18(17)26-2)22-15-16-10-13-23(14-11-16)27(3,24)25/h5-8,16H,4,9-15H2,1-3H3,(H2,20,21,22). The first-order chi connectivity index (χ1) is 12.9. The van der Waals surface area contributed by atoms with E-state index in [1.807, 2.05) is 25.1 Å². The number of ether oxygens (including phenoxy) is 1. The van der Waals surface area contributed by atoms with Gasteiger partial charge < -0.3 is 15.4 Å². The Morgan fingerprint density at radius 2 is 1.96 bits per heavy atom. The third-order valence-electron chi connectivity index (χ3n) is 4.77. The van der Waals surface area contributed by atoms with Crippen molar-refractivity contribution in [3.8, 4) is 5.75 Å². The first kappa shape index (κ1) is 21.5. The molecule has 0 aliphatic carbocycles. The summed E-state index contributed by atoms with van der Waals surface area (Å²) in [4.78, 5) is 4.69. The molecule has 1 aromatic carbocycles. The Kier molecular flexibility index (Phi) is 8.37. The molecule has 1 fully saturated rings. The number of piperidine rings is 1. The second-order valence-electron chi connectivity index (χ2n) is 6.81. The highest BCUT2D eigenvalue weighted by Crippen LogP contribution is 2.19. The van der Waals surface area contributed by atoms with Crippen LogP contribution >= 0.6 is 0 Å². The van der Waals surface area contributed by atoms with Crippen molar-refractivity contribution in [2.24, 2.45) is 10.9 Å². The minimum Gasteiger partial charge on any atom is -0.496 e. The molecule has 0 amide bonds. The number of aliphatic imine (C=N–C) groups is 1. The molecule has 0 aromatic heterocycles. The lowest BCUT2D eigenvalue weighted by molar-refractivity contribution is 0.280. The number of methoxy groups -OCH3 is 1. The van der Waals surface area contributed by atoms with E-state index in [0.29, 0.717) is 25.6 Å². The number of sulfonamides is 1. The monoisotopic (exact) mass is 396 g/mol. The van der Waals surface area contributed by atoms with Gasteiger partial charge in [-0.3, -0.25) is 4.99 Å². The molecule has 0 saturated carbocycles.